The van der Waals surface area contributed by atoms with Crippen molar-refractivity contribution in [1.29, 1.82) is 0 Å². The number of aliphatic imine (C=N–C) groups is 1. The lowest BCUT2D eigenvalue weighted by Crippen LogP contribution is -2.08. The fraction of sp³-hybridized carbons (Fsp3) is 0.133. The van der Waals surface area contributed by atoms with Gasteiger partial charge in [0.2, 0.25) is 0 Å². The molecule has 0 N–H and O–H groups in total. The molecule has 3 heteroatoms. The Balaban J connectivity index is 2.17. The van der Waals surface area contributed by atoms with E-state index < -0.39 is 0 Å². The lowest BCUT2D eigenvalue weighted by molar-refractivity contribution is 1.13. The summed E-state index contributed by atoms with van der Waals surface area (Å²) in [6, 6.07) is 16.1. The molecule has 2 rings (SSSR count). The van der Waals surface area contributed by atoms with Gasteiger partial charge in [-0.15, -0.1) is 12.6 Å². The van der Waals surface area contributed by atoms with Gasteiger partial charge in [0.15, 0.2) is 0 Å². The third-order valence-electron chi connectivity index (χ3n) is 2.64. The standard InChI is InChI=1S/C15H16N2S/c1-17(2)13-9-7-12(8-10-13)11-16-14-5-3-4-6-15(14)18/h3-11,18H,1-2H3. The number of rotatable bonds is 3. The van der Waals surface area contributed by atoms with Crippen molar-refractivity contribution in [1.82, 2.24) is 0 Å². The highest BCUT2D eigenvalue weighted by Gasteiger charge is 1.95. The molecule has 18 heavy (non-hydrogen) atoms. The zero-order chi connectivity index (χ0) is 13.0. The van der Waals surface area contributed by atoms with Gasteiger partial charge in [-0.1, -0.05) is 24.3 Å². The van der Waals surface area contributed by atoms with Crippen LogP contribution in [0.3, 0.4) is 0 Å². The van der Waals surface area contributed by atoms with E-state index in [-0.39, 0.29) is 0 Å². The number of hydrogen-bond acceptors (Lipinski definition) is 3. The van der Waals surface area contributed by atoms with Crippen LogP contribution in [0.2, 0.25) is 0 Å². The van der Waals surface area contributed by atoms with Crippen molar-refractivity contribution < 1.29 is 0 Å². The minimum absolute atomic E-state index is 0.887. The Morgan fingerprint density at radius 3 is 2.28 bits per heavy atom. The molecule has 0 unspecified atom stereocenters. The molecule has 0 aliphatic rings. The van der Waals surface area contributed by atoms with Crippen LogP contribution in [0.25, 0.3) is 0 Å². The quantitative estimate of drug-likeness (QED) is 0.652. The molecular formula is C15H16N2S. The lowest BCUT2D eigenvalue weighted by Gasteiger charge is -2.11. The highest BCUT2D eigenvalue weighted by Crippen LogP contribution is 2.21. The minimum Gasteiger partial charge on any atom is -0.378 e. The summed E-state index contributed by atoms with van der Waals surface area (Å²) in [5.74, 6) is 0. The number of hydrogen-bond donors (Lipinski definition) is 1. The summed E-state index contributed by atoms with van der Waals surface area (Å²) in [6.45, 7) is 0. The van der Waals surface area contributed by atoms with Crippen LogP contribution in [0, 0.1) is 0 Å². The van der Waals surface area contributed by atoms with Crippen LogP contribution in [0.5, 0.6) is 0 Å². The lowest BCUT2D eigenvalue weighted by atomic mass is 10.2. The monoisotopic (exact) mass is 256 g/mol. The molecule has 0 saturated heterocycles. The van der Waals surface area contributed by atoms with Crippen LogP contribution >= 0.6 is 12.6 Å². The Bertz CT molecular complexity index is 545. The average molecular weight is 256 g/mol. The molecule has 92 valence electrons. The van der Waals surface area contributed by atoms with E-state index >= 15 is 0 Å². The molecule has 0 saturated carbocycles. The van der Waals surface area contributed by atoms with E-state index in [0.717, 1.165) is 16.1 Å². The zero-order valence-corrected chi connectivity index (χ0v) is 11.4. The number of benzene rings is 2. The van der Waals surface area contributed by atoms with Crippen LogP contribution in [0.15, 0.2) is 58.4 Å². The molecule has 0 amide bonds. The molecule has 2 aromatic rings. The summed E-state index contributed by atoms with van der Waals surface area (Å²) in [5.41, 5.74) is 3.15. The molecule has 0 radical (unpaired) electrons. The highest BCUT2D eigenvalue weighted by atomic mass is 32.1. The maximum Gasteiger partial charge on any atom is 0.0763 e. The van der Waals surface area contributed by atoms with E-state index in [1.54, 1.807) is 0 Å². The van der Waals surface area contributed by atoms with Gasteiger partial charge in [0.1, 0.15) is 0 Å². The van der Waals surface area contributed by atoms with Gasteiger partial charge in [0.25, 0.3) is 0 Å². The van der Waals surface area contributed by atoms with Gasteiger partial charge >= 0.3 is 0 Å². The fourth-order valence-electron chi connectivity index (χ4n) is 1.58. The Labute approximate surface area is 113 Å². The molecule has 2 aromatic carbocycles. The summed E-state index contributed by atoms with van der Waals surface area (Å²) in [4.78, 5) is 7.40. The maximum atomic E-state index is 4.44. The van der Waals surface area contributed by atoms with Crippen LogP contribution in [0.4, 0.5) is 11.4 Å². The second kappa shape index (κ2) is 5.74. The van der Waals surface area contributed by atoms with Crippen molar-refractivity contribution in [2.24, 2.45) is 4.99 Å². The largest absolute Gasteiger partial charge is 0.378 e. The first kappa shape index (κ1) is 12.7. The fourth-order valence-corrected chi connectivity index (χ4v) is 1.79. The Morgan fingerprint density at radius 1 is 1.00 bits per heavy atom. The van der Waals surface area contributed by atoms with Crippen molar-refractivity contribution in [2.75, 3.05) is 19.0 Å². The SMILES string of the molecule is CN(C)c1ccc(C=Nc2ccccc2S)cc1. The highest BCUT2D eigenvalue weighted by molar-refractivity contribution is 7.80. The number of anilines is 1. The van der Waals surface area contributed by atoms with Crippen LogP contribution in [-0.4, -0.2) is 20.3 Å². The smallest absolute Gasteiger partial charge is 0.0763 e. The third-order valence-corrected chi connectivity index (χ3v) is 3.02. The predicted molar refractivity (Wildman–Crippen MR) is 81.7 cm³/mol. The summed E-state index contributed by atoms with van der Waals surface area (Å²) in [7, 11) is 4.06. The molecule has 0 fully saturated rings. The molecule has 2 nitrogen and oxygen atoms in total. The molecular weight excluding hydrogens is 240 g/mol. The van der Waals surface area contributed by atoms with Crippen LogP contribution in [0.1, 0.15) is 5.56 Å². The number of nitrogens with zero attached hydrogens (tertiary/aromatic N) is 2. The van der Waals surface area contributed by atoms with E-state index in [1.165, 1.54) is 5.69 Å². The molecule has 0 aliphatic heterocycles. The van der Waals surface area contributed by atoms with Crippen molar-refractivity contribution in [3.63, 3.8) is 0 Å². The summed E-state index contributed by atoms with van der Waals surface area (Å²) >= 11 is 4.37. The Hall–Kier alpha value is -1.74. The second-order valence-electron chi connectivity index (χ2n) is 4.23. The predicted octanol–water partition coefficient (Wildman–Crippen LogP) is 3.79. The van der Waals surface area contributed by atoms with Gasteiger partial charge in [0, 0.05) is 30.9 Å². The third kappa shape index (κ3) is 3.14. The number of thiol groups is 1. The number of para-hydroxylation sites is 1. The molecule has 0 heterocycles. The van der Waals surface area contributed by atoms with Gasteiger partial charge in [-0.25, -0.2) is 0 Å². The molecule has 0 bridgehead atoms. The van der Waals surface area contributed by atoms with Crippen molar-refractivity contribution >= 4 is 30.2 Å². The Morgan fingerprint density at radius 2 is 1.67 bits per heavy atom. The molecule has 0 aromatic heterocycles. The van der Waals surface area contributed by atoms with Crippen LogP contribution in [-0.2, 0) is 0 Å². The summed E-state index contributed by atoms with van der Waals surface area (Å²) in [6.07, 6.45) is 1.86. The molecule has 0 spiro atoms. The van der Waals surface area contributed by atoms with Crippen molar-refractivity contribution in [3.05, 3.63) is 54.1 Å². The maximum absolute atomic E-state index is 4.44. The Kier molecular flexibility index (Phi) is 4.05. The second-order valence-corrected chi connectivity index (χ2v) is 4.71. The first-order valence-electron chi connectivity index (χ1n) is 5.76. The van der Waals surface area contributed by atoms with Gasteiger partial charge in [-0.2, -0.15) is 0 Å². The van der Waals surface area contributed by atoms with E-state index in [1.807, 2.05) is 44.6 Å². The first-order valence-corrected chi connectivity index (χ1v) is 6.21. The summed E-state index contributed by atoms with van der Waals surface area (Å²) in [5, 5.41) is 0. The van der Waals surface area contributed by atoms with Gasteiger partial charge in [-0.3, -0.25) is 4.99 Å². The zero-order valence-electron chi connectivity index (χ0n) is 10.5. The molecule has 0 atom stereocenters. The molecule has 0 aliphatic carbocycles. The van der Waals surface area contributed by atoms with Gasteiger partial charge < -0.3 is 4.90 Å². The van der Waals surface area contributed by atoms with E-state index in [2.05, 4.69) is 46.8 Å². The topological polar surface area (TPSA) is 15.6 Å². The van der Waals surface area contributed by atoms with E-state index in [4.69, 9.17) is 0 Å². The summed E-state index contributed by atoms with van der Waals surface area (Å²) < 4.78 is 0. The van der Waals surface area contributed by atoms with E-state index in [9.17, 15) is 0 Å². The average Bonchev–Trinajstić information content (AvgIpc) is 2.38. The normalized spacial score (nSPS) is 10.8. The van der Waals surface area contributed by atoms with Gasteiger partial charge in [-0.05, 0) is 29.8 Å². The van der Waals surface area contributed by atoms with Gasteiger partial charge in [0.05, 0.1) is 5.69 Å². The van der Waals surface area contributed by atoms with Crippen molar-refractivity contribution in [2.45, 2.75) is 4.90 Å². The minimum atomic E-state index is 0.887. The van der Waals surface area contributed by atoms with E-state index in [0.29, 0.717) is 0 Å². The van der Waals surface area contributed by atoms with Crippen molar-refractivity contribution in [3.8, 4) is 0 Å². The first-order chi connectivity index (χ1) is 8.66. The van der Waals surface area contributed by atoms with Crippen LogP contribution < -0.4 is 4.90 Å².